The topological polar surface area (TPSA) is 72.2 Å². The van der Waals surface area contributed by atoms with Gasteiger partial charge in [0.05, 0.1) is 6.42 Å². The van der Waals surface area contributed by atoms with Crippen LogP contribution in [0, 0.1) is 0 Å². The molecule has 26 heavy (non-hydrogen) atoms. The summed E-state index contributed by atoms with van der Waals surface area (Å²) in [5.41, 5.74) is 7.49. The maximum absolute atomic E-state index is 12.4. The van der Waals surface area contributed by atoms with E-state index in [0.717, 1.165) is 21.9 Å². The molecule has 2 amide bonds. The van der Waals surface area contributed by atoms with Crippen LogP contribution < -0.4 is 11.1 Å². The van der Waals surface area contributed by atoms with E-state index in [1.807, 2.05) is 72.8 Å². The molecule has 0 aromatic heterocycles. The molecule has 0 fully saturated rings. The SMILES string of the molecule is NC(=O)[C@@H](CCc1ccccc1)NC(=O)Cc1ccc2ccccc2c1. The van der Waals surface area contributed by atoms with Gasteiger partial charge < -0.3 is 11.1 Å². The van der Waals surface area contributed by atoms with Crippen LogP contribution in [0.2, 0.25) is 0 Å². The van der Waals surface area contributed by atoms with Gasteiger partial charge in [0.15, 0.2) is 0 Å². The van der Waals surface area contributed by atoms with Gasteiger partial charge in [-0.3, -0.25) is 9.59 Å². The first-order valence-corrected chi connectivity index (χ1v) is 8.72. The number of nitrogens with one attached hydrogen (secondary N) is 1. The molecule has 3 aromatic carbocycles. The summed E-state index contributed by atoms with van der Waals surface area (Å²) in [6.07, 6.45) is 1.40. The number of amides is 2. The first-order chi connectivity index (χ1) is 12.6. The van der Waals surface area contributed by atoms with E-state index >= 15 is 0 Å². The Kier molecular flexibility index (Phi) is 5.64. The van der Waals surface area contributed by atoms with Crippen LogP contribution in [-0.4, -0.2) is 17.9 Å². The van der Waals surface area contributed by atoms with Gasteiger partial charge in [0.2, 0.25) is 11.8 Å². The Morgan fingerprint density at radius 3 is 2.27 bits per heavy atom. The zero-order chi connectivity index (χ0) is 18.4. The maximum atomic E-state index is 12.4. The molecule has 0 aliphatic rings. The third-order valence-corrected chi connectivity index (χ3v) is 4.42. The molecule has 0 saturated carbocycles. The second-order valence-corrected chi connectivity index (χ2v) is 6.41. The second kappa shape index (κ2) is 8.30. The van der Waals surface area contributed by atoms with Crippen LogP contribution in [0.4, 0.5) is 0 Å². The van der Waals surface area contributed by atoms with Gasteiger partial charge in [-0.05, 0) is 34.7 Å². The number of primary amides is 1. The Balaban J connectivity index is 1.60. The third kappa shape index (κ3) is 4.70. The van der Waals surface area contributed by atoms with Crippen molar-refractivity contribution in [1.82, 2.24) is 5.32 Å². The standard InChI is InChI=1S/C22H22N2O2/c23-22(26)20(13-11-16-6-2-1-3-7-16)24-21(25)15-17-10-12-18-8-4-5-9-19(18)14-17/h1-10,12,14,20H,11,13,15H2,(H2,23,26)(H,24,25)/t20-/m1/s1. The van der Waals surface area contributed by atoms with Crippen LogP contribution in [-0.2, 0) is 22.4 Å². The molecule has 0 spiro atoms. The summed E-state index contributed by atoms with van der Waals surface area (Å²) in [6, 6.07) is 23.1. The van der Waals surface area contributed by atoms with Crippen LogP contribution in [0.1, 0.15) is 17.5 Å². The molecular weight excluding hydrogens is 324 g/mol. The molecule has 0 saturated heterocycles. The summed E-state index contributed by atoms with van der Waals surface area (Å²) in [5.74, 6) is -0.704. The van der Waals surface area contributed by atoms with E-state index < -0.39 is 11.9 Å². The second-order valence-electron chi connectivity index (χ2n) is 6.41. The Morgan fingerprint density at radius 1 is 0.846 bits per heavy atom. The first kappa shape index (κ1) is 17.7. The maximum Gasteiger partial charge on any atom is 0.240 e. The lowest BCUT2D eigenvalue weighted by molar-refractivity contribution is -0.127. The highest BCUT2D eigenvalue weighted by molar-refractivity contribution is 5.89. The van der Waals surface area contributed by atoms with Gasteiger partial charge in [0.25, 0.3) is 0 Å². The highest BCUT2D eigenvalue weighted by atomic mass is 16.2. The van der Waals surface area contributed by atoms with Crippen molar-refractivity contribution in [3.05, 3.63) is 83.9 Å². The highest BCUT2D eigenvalue weighted by Gasteiger charge is 2.18. The number of hydrogen-bond donors (Lipinski definition) is 2. The van der Waals surface area contributed by atoms with Crippen molar-refractivity contribution < 1.29 is 9.59 Å². The van der Waals surface area contributed by atoms with E-state index in [4.69, 9.17) is 5.73 Å². The number of fused-ring (bicyclic) bond motifs is 1. The molecule has 3 aromatic rings. The van der Waals surface area contributed by atoms with Crippen molar-refractivity contribution in [3.63, 3.8) is 0 Å². The van der Waals surface area contributed by atoms with Gasteiger partial charge in [0.1, 0.15) is 6.04 Å². The Bertz CT molecular complexity index is 906. The van der Waals surface area contributed by atoms with Crippen LogP contribution in [0.15, 0.2) is 72.8 Å². The van der Waals surface area contributed by atoms with Gasteiger partial charge in [0, 0.05) is 0 Å². The number of aryl methyl sites for hydroxylation is 1. The molecule has 0 aliphatic carbocycles. The van der Waals surface area contributed by atoms with Gasteiger partial charge in [-0.1, -0.05) is 72.8 Å². The summed E-state index contributed by atoms with van der Waals surface area (Å²) in [5, 5.41) is 4.99. The predicted octanol–water partition coefficient (Wildman–Crippen LogP) is 2.99. The molecule has 4 nitrogen and oxygen atoms in total. The number of hydrogen-bond acceptors (Lipinski definition) is 2. The van der Waals surface area contributed by atoms with Gasteiger partial charge in [-0.15, -0.1) is 0 Å². The van der Waals surface area contributed by atoms with Crippen molar-refractivity contribution in [2.75, 3.05) is 0 Å². The average Bonchev–Trinajstić information content (AvgIpc) is 2.65. The number of nitrogens with two attached hydrogens (primary N) is 1. The quantitative estimate of drug-likeness (QED) is 0.690. The van der Waals surface area contributed by atoms with Gasteiger partial charge in [-0.25, -0.2) is 0 Å². The summed E-state index contributed by atoms with van der Waals surface area (Å²) in [6.45, 7) is 0. The van der Waals surface area contributed by atoms with Crippen LogP contribution >= 0.6 is 0 Å². The molecule has 1 atom stereocenters. The zero-order valence-electron chi connectivity index (χ0n) is 14.5. The number of carbonyl (C=O) groups is 2. The summed E-state index contributed by atoms with van der Waals surface area (Å²) >= 11 is 0. The van der Waals surface area contributed by atoms with E-state index in [1.165, 1.54) is 0 Å². The minimum Gasteiger partial charge on any atom is -0.368 e. The van der Waals surface area contributed by atoms with E-state index in [2.05, 4.69) is 5.32 Å². The average molecular weight is 346 g/mol. The smallest absolute Gasteiger partial charge is 0.240 e. The predicted molar refractivity (Wildman–Crippen MR) is 104 cm³/mol. The monoisotopic (exact) mass is 346 g/mol. The Morgan fingerprint density at radius 2 is 1.54 bits per heavy atom. The molecule has 0 heterocycles. The van der Waals surface area contributed by atoms with Crippen molar-refractivity contribution in [2.24, 2.45) is 5.73 Å². The van der Waals surface area contributed by atoms with E-state index in [9.17, 15) is 9.59 Å². The number of rotatable bonds is 7. The minimum atomic E-state index is -0.664. The number of benzene rings is 3. The fraction of sp³-hybridized carbons (Fsp3) is 0.182. The van der Waals surface area contributed by atoms with E-state index in [1.54, 1.807) is 0 Å². The van der Waals surface area contributed by atoms with E-state index in [-0.39, 0.29) is 12.3 Å². The lowest BCUT2D eigenvalue weighted by atomic mass is 10.0. The molecule has 4 heteroatoms. The highest BCUT2D eigenvalue weighted by Crippen LogP contribution is 2.16. The fourth-order valence-electron chi connectivity index (χ4n) is 3.02. The fourth-order valence-corrected chi connectivity index (χ4v) is 3.02. The molecule has 0 aliphatic heterocycles. The Hall–Kier alpha value is -3.14. The Labute approximate surface area is 153 Å². The third-order valence-electron chi connectivity index (χ3n) is 4.42. The first-order valence-electron chi connectivity index (χ1n) is 8.72. The van der Waals surface area contributed by atoms with Crippen LogP contribution in [0.5, 0.6) is 0 Å². The van der Waals surface area contributed by atoms with Crippen molar-refractivity contribution >= 4 is 22.6 Å². The summed E-state index contributed by atoms with van der Waals surface area (Å²) in [7, 11) is 0. The van der Waals surface area contributed by atoms with Crippen molar-refractivity contribution in [1.29, 1.82) is 0 Å². The molecule has 3 N–H and O–H groups in total. The van der Waals surface area contributed by atoms with Gasteiger partial charge >= 0.3 is 0 Å². The lowest BCUT2D eigenvalue weighted by Crippen LogP contribution is -2.45. The molecule has 0 unspecified atom stereocenters. The normalized spacial score (nSPS) is 11.8. The zero-order valence-corrected chi connectivity index (χ0v) is 14.5. The lowest BCUT2D eigenvalue weighted by Gasteiger charge is -2.15. The molecule has 0 radical (unpaired) electrons. The van der Waals surface area contributed by atoms with E-state index in [0.29, 0.717) is 12.8 Å². The van der Waals surface area contributed by atoms with Crippen LogP contribution in [0.3, 0.4) is 0 Å². The van der Waals surface area contributed by atoms with Crippen LogP contribution in [0.25, 0.3) is 10.8 Å². The summed E-state index contributed by atoms with van der Waals surface area (Å²) < 4.78 is 0. The minimum absolute atomic E-state index is 0.197. The van der Waals surface area contributed by atoms with Crippen molar-refractivity contribution in [2.45, 2.75) is 25.3 Å². The largest absolute Gasteiger partial charge is 0.368 e. The molecule has 0 bridgehead atoms. The van der Waals surface area contributed by atoms with Crippen molar-refractivity contribution in [3.8, 4) is 0 Å². The number of carbonyl (C=O) groups excluding carboxylic acids is 2. The summed E-state index contributed by atoms with van der Waals surface area (Å²) in [4.78, 5) is 24.0. The van der Waals surface area contributed by atoms with Gasteiger partial charge in [-0.2, -0.15) is 0 Å². The molecule has 3 rings (SSSR count). The molecular formula is C22H22N2O2. The molecule has 132 valence electrons.